The van der Waals surface area contributed by atoms with Crippen LogP contribution >= 0.6 is 24.0 Å². The van der Waals surface area contributed by atoms with Crippen LogP contribution in [-0.4, -0.2) is 70.8 Å². The minimum absolute atomic E-state index is 0. The molecule has 2 rings (SSSR count). The average molecular weight is 566 g/mol. The van der Waals surface area contributed by atoms with E-state index in [0.29, 0.717) is 24.6 Å². The van der Waals surface area contributed by atoms with Gasteiger partial charge in [-0.3, -0.25) is 4.79 Å². The highest BCUT2D eigenvalue weighted by Gasteiger charge is 2.42. The van der Waals surface area contributed by atoms with Crippen molar-refractivity contribution < 1.29 is 13.2 Å². The molecule has 1 aliphatic carbocycles. The van der Waals surface area contributed by atoms with Crippen LogP contribution < -0.4 is 10.6 Å². The van der Waals surface area contributed by atoms with Crippen molar-refractivity contribution in [2.24, 2.45) is 10.4 Å². The fourth-order valence-corrected chi connectivity index (χ4v) is 4.94. The van der Waals surface area contributed by atoms with Crippen molar-refractivity contribution >= 4 is 45.9 Å². The Morgan fingerprint density at radius 2 is 1.71 bits per heavy atom. The number of hydrogen-bond donors (Lipinski definition) is 2. The van der Waals surface area contributed by atoms with Crippen molar-refractivity contribution in [3.05, 3.63) is 29.8 Å². The predicted molar refractivity (Wildman–Crippen MR) is 135 cm³/mol. The summed E-state index contributed by atoms with van der Waals surface area (Å²) < 4.78 is 26.4. The first kappa shape index (κ1) is 27.6. The maximum absolute atomic E-state index is 12.8. The molecule has 1 amide bonds. The summed E-state index contributed by atoms with van der Waals surface area (Å²) in [6, 6.07) is 6.90. The summed E-state index contributed by atoms with van der Waals surface area (Å²) in [5, 5.41) is 6.52. The molecule has 1 fully saturated rings. The molecule has 0 aromatic heterocycles. The fraction of sp³-hybridized carbons (Fsp3) is 0.619. The number of nitrogens with one attached hydrogen (secondary N) is 2. The summed E-state index contributed by atoms with van der Waals surface area (Å²) in [4.78, 5) is 19.3. The molecule has 2 N–H and O–H groups in total. The molecular formula is C21H36IN5O3S. The molecule has 8 nitrogen and oxygen atoms in total. The molecule has 0 radical (unpaired) electrons. The Bertz CT molecular complexity index is 866. The molecule has 0 aliphatic heterocycles. The lowest BCUT2D eigenvalue weighted by molar-refractivity contribution is -0.138. The molecular weight excluding hydrogens is 529 g/mol. The van der Waals surface area contributed by atoms with Crippen molar-refractivity contribution in [1.29, 1.82) is 0 Å². The third-order valence-electron chi connectivity index (χ3n) is 5.50. The van der Waals surface area contributed by atoms with E-state index in [1.54, 1.807) is 37.2 Å². The zero-order chi connectivity index (χ0) is 22.4. The van der Waals surface area contributed by atoms with E-state index >= 15 is 0 Å². The Hall–Kier alpha value is -1.40. The molecule has 1 saturated carbocycles. The van der Waals surface area contributed by atoms with Gasteiger partial charge in [0.15, 0.2) is 5.96 Å². The number of nitrogens with zero attached hydrogens (tertiary/aromatic N) is 3. The van der Waals surface area contributed by atoms with Crippen LogP contribution in [0.15, 0.2) is 34.2 Å². The van der Waals surface area contributed by atoms with E-state index in [4.69, 9.17) is 0 Å². The van der Waals surface area contributed by atoms with Crippen molar-refractivity contribution in [2.45, 2.75) is 44.0 Å². The van der Waals surface area contributed by atoms with Crippen LogP contribution in [0, 0.1) is 5.41 Å². The van der Waals surface area contributed by atoms with E-state index in [9.17, 15) is 13.2 Å². The molecule has 0 heterocycles. The Kier molecular flexibility index (Phi) is 10.7. The van der Waals surface area contributed by atoms with Gasteiger partial charge in [0.1, 0.15) is 0 Å². The number of aliphatic imine (C=N–C) groups is 1. The van der Waals surface area contributed by atoms with Crippen LogP contribution in [0.4, 0.5) is 0 Å². The molecule has 0 saturated heterocycles. The van der Waals surface area contributed by atoms with Gasteiger partial charge >= 0.3 is 0 Å². The standard InChI is InChI=1S/C21H35N5O3S.HI/c1-6-22-20(24-16-21(13-9-10-14-21)19(27)25(2)3)23-15-17-11-7-8-12-18(17)30(28,29)26(4)5;/h7-8,11-12H,6,9-10,13-16H2,1-5H3,(H2,22,23,24);1H. The van der Waals surface area contributed by atoms with E-state index < -0.39 is 15.4 Å². The van der Waals surface area contributed by atoms with E-state index in [-0.39, 0.29) is 41.3 Å². The van der Waals surface area contributed by atoms with E-state index in [0.717, 1.165) is 25.7 Å². The molecule has 1 aromatic carbocycles. The third kappa shape index (κ3) is 6.79. The summed E-state index contributed by atoms with van der Waals surface area (Å²) in [5.41, 5.74) is 0.217. The lowest BCUT2D eigenvalue weighted by Crippen LogP contribution is -2.49. The second-order valence-electron chi connectivity index (χ2n) is 8.13. The lowest BCUT2D eigenvalue weighted by Gasteiger charge is -2.31. The average Bonchev–Trinajstić information content (AvgIpc) is 3.19. The van der Waals surface area contributed by atoms with Crippen molar-refractivity contribution in [2.75, 3.05) is 41.3 Å². The molecule has 0 atom stereocenters. The number of carbonyl (C=O) groups excluding carboxylic acids is 1. The molecule has 1 aromatic rings. The van der Waals surface area contributed by atoms with Crippen LogP contribution in [0.3, 0.4) is 0 Å². The Labute approximate surface area is 203 Å². The van der Waals surface area contributed by atoms with Crippen LogP contribution in [0.5, 0.6) is 0 Å². The van der Waals surface area contributed by atoms with Gasteiger partial charge in [-0.05, 0) is 31.4 Å². The third-order valence-corrected chi connectivity index (χ3v) is 7.41. The van der Waals surface area contributed by atoms with E-state index in [2.05, 4.69) is 15.6 Å². The van der Waals surface area contributed by atoms with Crippen LogP contribution in [0.2, 0.25) is 0 Å². The number of halogens is 1. The smallest absolute Gasteiger partial charge is 0.242 e. The Morgan fingerprint density at radius 1 is 1.10 bits per heavy atom. The summed E-state index contributed by atoms with van der Waals surface area (Å²) >= 11 is 0. The largest absolute Gasteiger partial charge is 0.357 e. The van der Waals surface area contributed by atoms with Gasteiger partial charge in [-0.2, -0.15) is 0 Å². The number of sulfonamides is 1. The highest BCUT2D eigenvalue weighted by Crippen LogP contribution is 2.38. The van der Waals surface area contributed by atoms with Gasteiger partial charge in [0.25, 0.3) is 0 Å². The Balaban J connectivity index is 0.00000480. The van der Waals surface area contributed by atoms with Gasteiger partial charge in [0.2, 0.25) is 15.9 Å². The summed E-state index contributed by atoms with van der Waals surface area (Å²) in [7, 11) is 3.08. The summed E-state index contributed by atoms with van der Waals surface area (Å²) in [6.07, 6.45) is 3.82. The van der Waals surface area contributed by atoms with E-state index in [1.807, 2.05) is 13.0 Å². The minimum Gasteiger partial charge on any atom is -0.357 e. The molecule has 31 heavy (non-hydrogen) atoms. The summed E-state index contributed by atoms with van der Waals surface area (Å²) in [6.45, 7) is 3.36. The molecule has 1 aliphatic rings. The normalized spacial score (nSPS) is 16.0. The lowest BCUT2D eigenvalue weighted by atomic mass is 9.84. The predicted octanol–water partition coefficient (Wildman–Crippen LogP) is 2.26. The first-order valence-corrected chi connectivity index (χ1v) is 11.8. The van der Waals surface area contributed by atoms with Gasteiger partial charge in [-0.25, -0.2) is 17.7 Å². The molecule has 0 bridgehead atoms. The highest BCUT2D eigenvalue weighted by atomic mass is 127. The second-order valence-corrected chi connectivity index (χ2v) is 10.3. The number of rotatable bonds is 8. The monoisotopic (exact) mass is 565 g/mol. The first-order chi connectivity index (χ1) is 14.1. The van der Waals surface area contributed by atoms with Crippen molar-refractivity contribution in [3.63, 3.8) is 0 Å². The number of carbonyl (C=O) groups is 1. The van der Waals surface area contributed by atoms with Crippen molar-refractivity contribution in [1.82, 2.24) is 19.8 Å². The van der Waals surface area contributed by atoms with Gasteiger partial charge in [-0.1, -0.05) is 31.0 Å². The van der Waals surface area contributed by atoms with Gasteiger partial charge in [0, 0.05) is 41.3 Å². The van der Waals surface area contributed by atoms with Gasteiger partial charge in [-0.15, -0.1) is 24.0 Å². The van der Waals surface area contributed by atoms with Gasteiger partial charge < -0.3 is 15.5 Å². The molecule has 0 unspecified atom stereocenters. The maximum Gasteiger partial charge on any atom is 0.242 e. The topological polar surface area (TPSA) is 94.1 Å². The zero-order valence-corrected chi connectivity index (χ0v) is 22.3. The SMILES string of the molecule is CCNC(=NCc1ccccc1S(=O)(=O)N(C)C)NCC1(C(=O)N(C)C)CCCC1.I. The van der Waals surface area contributed by atoms with Crippen LogP contribution in [0.25, 0.3) is 0 Å². The number of amides is 1. The first-order valence-electron chi connectivity index (χ1n) is 10.4. The van der Waals surface area contributed by atoms with Crippen LogP contribution in [0.1, 0.15) is 38.2 Å². The van der Waals surface area contributed by atoms with Crippen LogP contribution in [-0.2, 0) is 21.4 Å². The maximum atomic E-state index is 12.8. The number of guanidine groups is 1. The Morgan fingerprint density at radius 3 is 2.26 bits per heavy atom. The molecule has 0 spiro atoms. The van der Waals surface area contributed by atoms with Crippen molar-refractivity contribution in [3.8, 4) is 0 Å². The molecule has 176 valence electrons. The zero-order valence-electron chi connectivity index (χ0n) is 19.1. The molecule has 10 heteroatoms. The summed E-state index contributed by atoms with van der Waals surface area (Å²) in [5.74, 6) is 0.721. The minimum atomic E-state index is -3.55. The quantitative estimate of drug-likeness (QED) is 0.287. The second kappa shape index (κ2) is 12.0. The highest BCUT2D eigenvalue weighted by molar-refractivity contribution is 14.0. The number of benzene rings is 1. The fourth-order valence-electron chi connectivity index (χ4n) is 3.83. The van der Waals surface area contributed by atoms with E-state index in [1.165, 1.54) is 18.4 Å². The number of hydrogen-bond acceptors (Lipinski definition) is 4. The van der Waals surface area contributed by atoms with Gasteiger partial charge in [0.05, 0.1) is 16.9 Å².